The Bertz CT molecular complexity index is 1130. The highest BCUT2D eigenvalue weighted by molar-refractivity contribution is 7.99. The van der Waals surface area contributed by atoms with Crippen molar-refractivity contribution in [2.45, 2.75) is 5.16 Å². The summed E-state index contributed by atoms with van der Waals surface area (Å²) in [6.45, 7) is 0. The van der Waals surface area contributed by atoms with Crippen molar-refractivity contribution in [3.63, 3.8) is 0 Å². The lowest BCUT2D eigenvalue weighted by atomic mass is 10.2. The molecule has 2 heterocycles. The number of hydrogen-bond acceptors (Lipinski definition) is 7. The van der Waals surface area contributed by atoms with Crippen molar-refractivity contribution in [2.24, 2.45) is 0 Å². The minimum Gasteiger partial charge on any atom is -0.301 e. The lowest BCUT2D eigenvalue weighted by Crippen LogP contribution is -2.14. The molecule has 0 saturated carbocycles. The van der Waals surface area contributed by atoms with Gasteiger partial charge in [-0.15, -0.1) is 16.4 Å². The van der Waals surface area contributed by atoms with Gasteiger partial charge in [-0.05, 0) is 46.8 Å². The maximum atomic E-state index is 12.3. The molecule has 4 aromatic rings. The number of carbonyl (C=O) groups excluding carboxylic acids is 1. The third-order valence-corrected chi connectivity index (χ3v) is 5.92. The number of hydrogen-bond donors (Lipinski definition) is 1. The molecular formula is C18H12Cl2N6OS2. The predicted molar refractivity (Wildman–Crippen MR) is 116 cm³/mol. The molecule has 0 unspecified atom stereocenters. The van der Waals surface area contributed by atoms with Crippen molar-refractivity contribution >= 4 is 57.3 Å². The number of aromatic nitrogens is 5. The van der Waals surface area contributed by atoms with Gasteiger partial charge in [0, 0.05) is 21.0 Å². The van der Waals surface area contributed by atoms with E-state index in [1.54, 1.807) is 41.1 Å². The summed E-state index contributed by atoms with van der Waals surface area (Å²) in [7, 11) is 0. The average molecular weight is 463 g/mol. The van der Waals surface area contributed by atoms with Crippen LogP contribution in [0.3, 0.4) is 0 Å². The molecule has 1 N–H and O–H groups in total. The third kappa shape index (κ3) is 4.94. The van der Waals surface area contributed by atoms with Gasteiger partial charge in [0.15, 0.2) is 5.13 Å². The van der Waals surface area contributed by atoms with Gasteiger partial charge in [-0.25, -0.2) is 4.98 Å². The molecule has 11 heteroatoms. The van der Waals surface area contributed by atoms with Crippen LogP contribution in [0.15, 0.2) is 59.1 Å². The van der Waals surface area contributed by atoms with Crippen molar-refractivity contribution < 1.29 is 4.79 Å². The van der Waals surface area contributed by atoms with Crippen molar-refractivity contribution in [1.29, 1.82) is 0 Å². The Morgan fingerprint density at radius 1 is 1.07 bits per heavy atom. The summed E-state index contributed by atoms with van der Waals surface area (Å²) in [6, 6.07) is 14.5. The van der Waals surface area contributed by atoms with Crippen LogP contribution >= 0.6 is 46.3 Å². The summed E-state index contributed by atoms with van der Waals surface area (Å²) < 4.78 is 1.55. The topological polar surface area (TPSA) is 85.6 Å². The van der Waals surface area contributed by atoms with E-state index in [0.717, 1.165) is 16.9 Å². The SMILES string of the molecule is O=C(CSc1nnnn1-c1ccc(Cl)cc1)Nc1nc(-c2ccc(Cl)cc2)cs1. The number of halogens is 2. The first-order chi connectivity index (χ1) is 14.1. The number of nitrogens with one attached hydrogen (secondary N) is 1. The van der Waals surface area contributed by atoms with E-state index in [-0.39, 0.29) is 11.7 Å². The van der Waals surface area contributed by atoms with Crippen molar-refractivity contribution in [2.75, 3.05) is 11.1 Å². The Kier molecular flexibility index (Phi) is 6.10. The van der Waals surface area contributed by atoms with Gasteiger partial charge in [-0.1, -0.05) is 47.1 Å². The standard InChI is InChI=1S/C18H12Cl2N6OS2/c19-12-3-1-11(2-4-12)15-9-28-17(21-15)22-16(27)10-29-18-23-24-25-26(18)14-7-5-13(20)6-8-14/h1-9H,10H2,(H,21,22,27). The fourth-order valence-electron chi connectivity index (χ4n) is 2.38. The van der Waals surface area contributed by atoms with Crippen molar-refractivity contribution in [1.82, 2.24) is 25.2 Å². The number of tetrazole rings is 1. The van der Waals surface area contributed by atoms with Crippen LogP contribution in [0.2, 0.25) is 10.0 Å². The number of amides is 1. The molecule has 0 atom stereocenters. The molecule has 1 amide bonds. The molecule has 0 bridgehead atoms. The number of benzene rings is 2. The molecule has 0 aliphatic rings. The van der Waals surface area contributed by atoms with Crippen LogP contribution in [0.25, 0.3) is 16.9 Å². The Labute approximate surface area is 184 Å². The number of thioether (sulfide) groups is 1. The van der Waals surface area contributed by atoms with Crippen LogP contribution in [0.1, 0.15) is 0 Å². The molecule has 146 valence electrons. The van der Waals surface area contributed by atoms with Gasteiger partial charge < -0.3 is 5.32 Å². The fraction of sp³-hybridized carbons (Fsp3) is 0.0556. The van der Waals surface area contributed by atoms with Gasteiger partial charge in [0.1, 0.15) is 0 Å². The smallest absolute Gasteiger partial charge is 0.236 e. The molecule has 2 aromatic carbocycles. The minimum atomic E-state index is -0.197. The first-order valence-corrected chi connectivity index (χ1v) is 10.9. The minimum absolute atomic E-state index is 0.143. The summed E-state index contributed by atoms with van der Waals surface area (Å²) in [5.41, 5.74) is 2.47. The van der Waals surface area contributed by atoms with Gasteiger partial charge in [-0.2, -0.15) is 4.68 Å². The Hall–Kier alpha value is -2.46. The van der Waals surface area contributed by atoms with E-state index >= 15 is 0 Å². The largest absolute Gasteiger partial charge is 0.301 e. The average Bonchev–Trinajstić information content (AvgIpc) is 3.37. The highest BCUT2D eigenvalue weighted by Crippen LogP contribution is 2.26. The highest BCUT2D eigenvalue weighted by Gasteiger charge is 2.13. The number of anilines is 1. The molecular weight excluding hydrogens is 451 g/mol. The summed E-state index contributed by atoms with van der Waals surface area (Å²) in [4.78, 5) is 16.8. The monoisotopic (exact) mass is 462 g/mol. The number of rotatable bonds is 6. The maximum Gasteiger partial charge on any atom is 0.236 e. The summed E-state index contributed by atoms with van der Waals surface area (Å²) >= 11 is 14.4. The summed E-state index contributed by atoms with van der Waals surface area (Å²) in [5.74, 6) is -0.0539. The molecule has 0 saturated heterocycles. The zero-order valence-electron chi connectivity index (χ0n) is 14.6. The second kappa shape index (κ2) is 8.91. The second-order valence-electron chi connectivity index (χ2n) is 5.73. The molecule has 0 aliphatic carbocycles. The van der Waals surface area contributed by atoms with Crippen LogP contribution in [0.5, 0.6) is 0 Å². The molecule has 0 aliphatic heterocycles. The van der Waals surface area contributed by atoms with Gasteiger partial charge in [-0.3, -0.25) is 4.79 Å². The van der Waals surface area contributed by atoms with Crippen molar-refractivity contribution in [3.8, 4) is 16.9 Å². The lowest BCUT2D eigenvalue weighted by molar-refractivity contribution is -0.113. The number of thiazole rings is 1. The predicted octanol–water partition coefficient (Wildman–Crippen LogP) is 4.82. The molecule has 0 fully saturated rings. The van der Waals surface area contributed by atoms with E-state index in [1.165, 1.54) is 23.1 Å². The first-order valence-electron chi connectivity index (χ1n) is 8.27. The van der Waals surface area contributed by atoms with Gasteiger partial charge in [0.2, 0.25) is 11.1 Å². The van der Waals surface area contributed by atoms with E-state index in [0.29, 0.717) is 20.3 Å². The molecule has 7 nitrogen and oxygen atoms in total. The zero-order valence-corrected chi connectivity index (χ0v) is 17.8. The molecule has 0 radical (unpaired) electrons. The normalized spacial score (nSPS) is 10.8. The number of carbonyl (C=O) groups is 1. The number of nitrogens with zero attached hydrogens (tertiary/aromatic N) is 5. The highest BCUT2D eigenvalue weighted by atomic mass is 35.5. The molecule has 0 spiro atoms. The molecule has 29 heavy (non-hydrogen) atoms. The van der Waals surface area contributed by atoms with E-state index < -0.39 is 0 Å². The van der Waals surface area contributed by atoms with Gasteiger partial charge >= 0.3 is 0 Å². The first kappa shape index (κ1) is 19.8. The zero-order chi connectivity index (χ0) is 20.2. The molecule has 4 rings (SSSR count). The van der Waals surface area contributed by atoms with E-state index in [2.05, 4.69) is 25.8 Å². The second-order valence-corrected chi connectivity index (χ2v) is 8.40. The van der Waals surface area contributed by atoms with E-state index in [9.17, 15) is 4.79 Å². The Balaban J connectivity index is 1.37. The van der Waals surface area contributed by atoms with Crippen LogP contribution in [0, 0.1) is 0 Å². The van der Waals surface area contributed by atoms with Crippen LogP contribution in [-0.2, 0) is 4.79 Å². The van der Waals surface area contributed by atoms with Gasteiger partial charge in [0.25, 0.3) is 0 Å². The lowest BCUT2D eigenvalue weighted by Gasteiger charge is -2.04. The van der Waals surface area contributed by atoms with Crippen LogP contribution in [-0.4, -0.2) is 36.9 Å². The van der Waals surface area contributed by atoms with Crippen LogP contribution in [0.4, 0.5) is 5.13 Å². The Morgan fingerprint density at radius 2 is 1.76 bits per heavy atom. The van der Waals surface area contributed by atoms with E-state index in [1.807, 2.05) is 17.5 Å². The third-order valence-electron chi connectivity index (χ3n) is 3.73. The van der Waals surface area contributed by atoms with E-state index in [4.69, 9.17) is 23.2 Å². The van der Waals surface area contributed by atoms with Crippen molar-refractivity contribution in [3.05, 3.63) is 64.0 Å². The van der Waals surface area contributed by atoms with Crippen LogP contribution < -0.4 is 5.32 Å². The summed E-state index contributed by atoms with van der Waals surface area (Å²) in [5, 5.41) is 18.6. The van der Waals surface area contributed by atoms with Gasteiger partial charge in [0.05, 0.1) is 17.1 Å². The summed E-state index contributed by atoms with van der Waals surface area (Å²) in [6.07, 6.45) is 0. The maximum absolute atomic E-state index is 12.3. The fourth-order valence-corrected chi connectivity index (χ4v) is 4.06. The molecule has 2 aromatic heterocycles. The quantitative estimate of drug-likeness (QED) is 0.413. The Morgan fingerprint density at radius 3 is 2.48 bits per heavy atom.